The summed E-state index contributed by atoms with van der Waals surface area (Å²) in [5.41, 5.74) is 0. The Kier molecular flexibility index (Phi) is 41.2. The van der Waals surface area contributed by atoms with Crippen molar-refractivity contribution in [3.8, 4) is 0 Å². The maximum absolute atomic E-state index is 13.1. The Hall–Kier alpha value is -2.80. The lowest BCUT2D eigenvalue weighted by Gasteiger charge is -2.40. The second kappa shape index (κ2) is 44.4. The number of hydrogen-bond donors (Lipinski definition) is 3. The summed E-state index contributed by atoms with van der Waals surface area (Å²) in [6, 6.07) is 0. The quantitative estimate of drug-likeness (QED) is 0.0228. The van der Waals surface area contributed by atoms with E-state index in [-0.39, 0.29) is 25.9 Å². The molecule has 67 heavy (non-hydrogen) atoms. The second-order valence-corrected chi connectivity index (χ2v) is 18.9. The van der Waals surface area contributed by atoms with E-state index in [0.29, 0.717) is 19.3 Å². The van der Waals surface area contributed by atoms with Crippen molar-refractivity contribution in [3.05, 3.63) is 24.3 Å². The van der Waals surface area contributed by atoms with Gasteiger partial charge < -0.3 is 39.0 Å². The number of ether oxygens (including phenoxy) is 5. The monoisotopic (exact) mass is 951 g/mol. The molecular weight excluding hydrogens is 853 g/mol. The molecule has 0 aromatic carbocycles. The smallest absolute Gasteiger partial charge is 0.335 e. The molecule has 0 amide bonds. The molecule has 1 saturated heterocycles. The van der Waals surface area contributed by atoms with Gasteiger partial charge in [-0.25, -0.2) is 4.79 Å². The van der Waals surface area contributed by atoms with Crippen molar-refractivity contribution in [2.45, 2.75) is 289 Å². The lowest BCUT2D eigenvalue weighted by molar-refractivity contribution is -0.301. The molecule has 0 aliphatic carbocycles. The van der Waals surface area contributed by atoms with Gasteiger partial charge in [0.25, 0.3) is 0 Å². The van der Waals surface area contributed by atoms with Gasteiger partial charge in [-0.05, 0) is 70.6 Å². The third kappa shape index (κ3) is 35.0. The summed E-state index contributed by atoms with van der Waals surface area (Å²) in [5.74, 6) is -3.12. The summed E-state index contributed by atoms with van der Waals surface area (Å²) in [6.45, 7) is 5.93. The van der Waals surface area contributed by atoms with E-state index in [0.717, 1.165) is 103 Å². The van der Waals surface area contributed by atoms with Gasteiger partial charge in [0.1, 0.15) is 18.8 Å². The van der Waals surface area contributed by atoms with Crippen molar-refractivity contribution in [2.24, 2.45) is 0 Å². The molecule has 1 heterocycles. The van der Waals surface area contributed by atoms with Crippen LogP contribution in [0.15, 0.2) is 24.3 Å². The Balaban J connectivity index is 2.73. The summed E-state index contributed by atoms with van der Waals surface area (Å²) < 4.78 is 28.3. The van der Waals surface area contributed by atoms with E-state index in [2.05, 4.69) is 45.1 Å². The number of hydrogen-bond acceptors (Lipinski definition) is 11. The standard InChI is InChI=1S/C55H98O12/c1-4-7-10-13-16-19-22-24-27-29-32-35-38-41-47(56)63-44-46(65-48(57)42-39-36-33-31-28-25-23-20-17-14-11-8-5-2)45-64-55-53(51(60)50(59)52(67-55)54(61)62)66-49(58)43-40-37-34-30-26-21-18-15-12-9-6-3/h19-20,22-23,46,50-53,55,59-60H,4-18,21,24-45H2,1-3H3,(H,61,62)/b22-19-,23-20-. The number of aliphatic hydroxyl groups is 2. The minimum atomic E-state index is -1.90. The van der Waals surface area contributed by atoms with Gasteiger partial charge in [-0.2, -0.15) is 0 Å². The first-order valence-electron chi connectivity index (χ1n) is 27.3. The zero-order valence-electron chi connectivity index (χ0n) is 42.7. The van der Waals surface area contributed by atoms with Crippen molar-refractivity contribution in [2.75, 3.05) is 13.2 Å². The number of carbonyl (C=O) groups is 4. The van der Waals surface area contributed by atoms with Crippen LogP contribution >= 0.6 is 0 Å². The molecule has 12 nitrogen and oxygen atoms in total. The maximum atomic E-state index is 13.1. The first-order valence-corrected chi connectivity index (χ1v) is 27.3. The Bertz CT molecular complexity index is 1270. The number of allylic oxidation sites excluding steroid dienone is 4. The molecule has 6 unspecified atom stereocenters. The van der Waals surface area contributed by atoms with Crippen LogP contribution in [-0.2, 0) is 42.9 Å². The van der Waals surface area contributed by atoms with Crippen molar-refractivity contribution in [1.29, 1.82) is 0 Å². The molecule has 3 N–H and O–H groups in total. The topological polar surface area (TPSA) is 175 Å². The van der Waals surface area contributed by atoms with E-state index < -0.39 is 67.3 Å². The Morgan fingerprint density at radius 1 is 0.478 bits per heavy atom. The summed E-state index contributed by atoms with van der Waals surface area (Å²) in [6.07, 6.45) is 35.9. The largest absolute Gasteiger partial charge is 0.479 e. The fraction of sp³-hybridized carbons (Fsp3) is 0.855. The Morgan fingerprint density at radius 3 is 1.28 bits per heavy atom. The van der Waals surface area contributed by atoms with Crippen molar-refractivity contribution >= 4 is 23.9 Å². The highest BCUT2D eigenvalue weighted by molar-refractivity contribution is 5.74. The fourth-order valence-corrected chi connectivity index (χ4v) is 8.24. The van der Waals surface area contributed by atoms with Gasteiger partial charge in [-0.15, -0.1) is 0 Å². The highest BCUT2D eigenvalue weighted by atomic mass is 16.7. The molecule has 1 aliphatic rings. The molecule has 0 bridgehead atoms. The van der Waals surface area contributed by atoms with Crippen LogP contribution in [0.25, 0.3) is 0 Å². The highest BCUT2D eigenvalue weighted by Gasteiger charge is 2.50. The first-order chi connectivity index (χ1) is 32.6. The lowest BCUT2D eigenvalue weighted by Crippen LogP contribution is -2.61. The Labute approximate surface area is 407 Å². The van der Waals surface area contributed by atoms with E-state index >= 15 is 0 Å². The fourth-order valence-electron chi connectivity index (χ4n) is 8.24. The highest BCUT2D eigenvalue weighted by Crippen LogP contribution is 2.26. The van der Waals surface area contributed by atoms with Crippen LogP contribution in [-0.4, -0.2) is 89.2 Å². The lowest BCUT2D eigenvalue weighted by atomic mass is 9.98. The van der Waals surface area contributed by atoms with E-state index in [1.807, 2.05) is 0 Å². The molecule has 390 valence electrons. The average Bonchev–Trinajstić information content (AvgIpc) is 3.31. The molecule has 1 fully saturated rings. The number of aliphatic carboxylic acids is 1. The minimum Gasteiger partial charge on any atom is -0.479 e. The SMILES string of the molecule is CCCCCC/C=C\CCCCCCCC(=O)OCC(COC1OC(C(=O)O)C(O)C(O)C1OC(=O)CCCCCCCCCCCCC)OC(=O)CCCCCCC/C=C\CCCCCC. The number of unbranched alkanes of at least 4 members (excludes halogenated alkanes) is 28. The molecule has 0 aromatic heterocycles. The van der Waals surface area contributed by atoms with Gasteiger partial charge in [0.15, 0.2) is 24.6 Å². The molecule has 6 atom stereocenters. The van der Waals surface area contributed by atoms with Gasteiger partial charge >= 0.3 is 23.9 Å². The number of aliphatic hydroxyl groups excluding tert-OH is 2. The molecular formula is C55H98O12. The van der Waals surface area contributed by atoms with Crippen LogP contribution in [0, 0.1) is 0 Å². The van der Waals surface area contributed by atoms with E-state index in [4.69, 9.17) is 23.7 Å². The van der Waals surface area contributed by atoms with Crippen molar-refractivity contribution < 1.29 is 58.2 Å². The predicted octanol–water partition coefficient (Wildman–Crippen LogP) is 13.1. The zero-order valence-corrected chi connectivity index (χ0v) is 42.7. The second-order valence-electron chi connectivity index (χ2n) is 18.9. The third-order valence-electron chi connectivity index (χ3n) is 12.5. The van der Waals surface area contributed by atoms with E-state index in [1.54, 1.807) is 0 Å². The molecule has 0 spiro atoms. The van der Waals surface area contributed by atoms with Crippen molar-refractivity contribution in [1.82, 2.24) is 0 Å². The summed E-state index contributed by atoms with van der Waals surface area (Å²) in [4.78, 5) is 50.8. The molecule has 0 saturated carbocycles. The molecule has 12 heteroatoms. The average molecular weight is 951 g/mol. The van der Waals surface area contributed by atoms with E-state index in [9.17, 15) is 34.5 Å². The van der Waals surface area contributed by atoms with Gasteiger partial charge in [0.05, 0.1) is 6.61 Å². The van der Waals surface area contributed by atoms with Gasteiger partial charge in [-0.1, -0.05) is 186 Å². The summed E-state index contributed by atoms with van der Waals surface area (Å²) >= 11 is 0. The van der Waals surface area contributed by atoms with Crippen LogP contribution < -0.4 is 0 Å². The predicted molar refractivity (Wildman–Crippen MR) is 266 cm³/mol. The molecule has 0 radical (unpaired) electrons. The Morgan fingerprint density at radius 2 is 0.851 bits per heavy atom. The summed E-state index contributed by atoms with van der Waals surface area (Å²) in [5, 5.41) is 31.3. The normalized spacial score (nSPS) is 19.0. The minimum absolute atomic E-state index is 0.0639. The number of carboxylic acids is 1. The van der Waals surface area contributed by atoms with Crippen LogP contribution in [0.5, 0.6) is 0 Å². The molecule has 1 aliphatic heterocycles. The van der Waals surface area contributed by atoms with Gasteiger partial charge in [-0.3, -0.25) is 14.4 Å². The molecule has 0 aromatic rings. The van der Waals surface area contributed by atoms with Crippen LogP contribution in [0.3, 0.4) is 0 Å². The first kappa shape index (κ1) is 62.2. The van der Waals surface area contributed by atoms with Crippen LogP contribution in [0.1, 0.15) is 252 Å². The van der Waals surface area contributed by atoms with Crippen molar-refractivity contribution in [3.63, 3.8) is 0 Å². The van der Waals surface area contributed by atoms with Gasteiger partial charge in [0, 0.05) is 19.3 Å². The van der Waals surface area contributed by atoms with Crippen LogP contribution in [0.2, 0.25) is 0 Å². The summed E-state index contributed by atoms with van der Waals surface area (Å²) in [7, 11) is 0. The van der Waals surface area contributed by atoms with E-state index in [1.165, 1.54) is 89.9 Å². The van der Waals surface area contributed by atoms with Crippen LogP contribution in [0.4, 0.5) is 0 Å². The maximum Gasteiger partial charge on any atom is 0.335 e. The third-order valence-corrected chi connectivity index (χ3v) is 12.5. The zero-order chi connectivity index (χ0) is 49.0. The number of carbonyl (C=O) groups excluding carboxylic acids is 3. The number of esters is 3. The number of carboxylic acid groups (broad SMARTS) is 1. The molecule has 1 rings (SSSR count). The van der Waals surface area contributed by atoms with Gasteiger partial charge in [0.2, 0.25) is 0 Å². The number of rotatable bonds is 46.